The molecule has 4 aromatic rings. The number of hydrogen-bond acceptors (Lipinski definition) is 2. The zero-order valence-corrected chi connectivity index (χ0v) is 16.0. The van der Waals surface area contributed by atoms with Gasteiger partial charge in [-0.05, 0) is 51.7 Å². The van der Waals surface area contributed by atoms with Gasteiger partial charge in [-0.3, -0.25) is 0 Å². The van der Waals surface area contributed by atoms with E-state index in [1.54, 1.807) is 0 Å². The summed E-state index contributed by atoms with van der Waals surface area (Å²) in [6.45, 7) is 7.72. The van der Waals surface area contributed by atoms with Crippen LogP contribution in [0.4, 0.5) is 0 Å². The Morgan fingerprint density at radius 3 is 1.96 bits per heavy atom. The minimum atomic E-state index is -1.34. The van der Waals surface area contributed by atoms with E-state index < -0.39 is 9.28 Å². The first kappa shape index (κ1) is 16.5. The second-order valence-corrected chi connectivity index (χ2v) is 8.50. The summed E-state index contributed by atoms with van der Waals surface area (Å²) in [5.74, 6) is 0. The van der Waals surface area contributed by atoms with E-state index in [2.05, 4.69) is 61.5 Å². The van der Waals surface area contributed by atoms with Crippen molar-refractivity contribution in [2.75, 3.05) is 13.2 Å². The average molecular weight is 348 g/mol. The summed E-state index contributed by atoms with van der Waals surface area (Å²) < 4.78 is 11.9. The molecule has 0 spiro atoms. The van der Waals surface area contributed by atoms with E-state index in [-0.39, 0.29) is 5.54 Å². The molecule has 0 bridgehead atoms. The molecule has 0 aliphatic carbocycles. The fourth-order valence-corrected chi connectivity index (χ4v) is 5.50. The zero-order valence-electron chi connectivity index (χ0n) is 15.0. The Morgan fingerprint density at radius 2 is 1.32 bits per heavy atom. The molecule has 0 saturated carbocycles. The molecule has 2 nitrogen and oxygen atoms in total. The van der Waals surface area contributed by atoms with E-state index in [0.717, 1.165) is 0 Å². The summed E-state index contributed by atoms with van der Waals surface area (Å²) in [6.07, 6.45) is 0. The number of hydrogen-bond donors (Lipinski definition) is 0. The summed E-state index contributed by atoms with van der Waals surface area (Å²) >= 11 is 0. The molecule has 0 heterocycles. The average Bonchev–Trinajstić information content (AvgIpc) is 2.65. The zero-order chi connectivity index (χ0) is 17.4. The lowest BCUT2D eigenvalue weighted by molar-refractivity contribution is 0.206. The van der Waals surface area contributed by atoms with Crippen LogP contribution in [0.25, 0.3) is 32.3 Å². The lowest BCUT2D eigenvalue weighted by Crippen LogP contribution is -2.30. The summed E-state index contributed by atoms with van der Waals surface area (Å²) in [5, 5.41) is 7.98. The predicted octanol–water partition coefficient (Wildman–Crippen LogP) is 5.79. The van der Waals surface area contributed by atoms with Gasteiger partial charge in [-0.15, -0.1) is 0 Å². The van der Waals surface area contributed by atoms with E-state index in [9.17, 15) is 0 Å². The van der Waals surface area contributed by atoms with Crippen LogP contribution in [0, 0.1) is 0 Å². The Morgan fingerprint density at radius 1 is 0.760 bits per heavy atom. The molecule has 1 unspecified atom stereocenters. The van der Waals surface area contributed by atoms with Gasteiger partial charge >= 0.3 is 9.28 Å². The van der Waals surface area contributed by atoms with E-state index in [0.29, 0.717) is 13.2 Å². The molecule has 1 radical (unpaired) electrons. The minimum absolute atomic E-state index is 0.273. The summed E-state index contributed by atoms with van der Waals surface area (Å²) in [5.41, 5.74) is 1.61. The van der Waals surface area contributed by atoms with Gasteiger partial charge in [-0.1, -0.05) is 61.5 Å². The molecule has 3 heteroatoms. The standard InChI is InChI=1S/C22H23O2Si/c1-4-23-25(24-5-2)15(3)19-13-11-18-10-9-16-7-6-8-17-12-14-20(19)22(18)21(16)17/h6-15H,4-5H2,1-3H3. The monoisotopic (exact) mass is 347 g/mol. The van der Waals surface area contributed by atoms with E-state index in [1.807, 2.05) is 13.8 Å². The molecule has 0 aliphatic heterocycles. The van der Waals surface area contributed by atoms with Gasteiger partial charge in [0.25, 0.3) is 0 Å². The van der Waals surface area contributed by atoms with Gasteiger partial charge in [0, 0.05) is 18.8 Å². The van der Waals surface area contributed by atoms with Crippen molar-refractivity contribution in [2.45, 2.75) is 26.3 Å². The number of benzene rings is 4. The maximum absolute atomic E-state index is 5.97. The largest absolute Gasteiger partial charge is 0.393 e. The second kappa shape index (κ2) is 6.75. The molecular weight excluding hydrogens is 324 g/mol. The first-order valence-corrected chi connectivity index (χ1v) is 10.4. The SMILES string of the molecule is CCO[Si](OCC)C(C)c1ccc2ccc3cccc4ccc1c2c34. The fourth-order valence-electron chi connectivity index (χ4n) is 3.84. The van der Waals surface area contributed by atoms with Crippen molar-refractivity contribution in [1.29, 1.82) is 0 Å². The number of rotatable bonds is 6. The molecule has 4 aromatic carbocycles. The lowest BCUT2D eigenvalue weighted by Gasteiger charge is -2.23. The third-order valence-corrected chi connectivity index (χ3v) is 7.12. The van der Waals surface area contributed by atoms with Crippen LogP contribution in [-0.2, 0) is 8.85 Å². The van der Waals surface area contributed by atoms with Crippen molar-refractivity contribution in [3.8, 4) is 0 Å². The molecule has 0 aliphatic rings. The van der Waals surface area contributed by atoms with E-state index >= 15 is 0 Å². The van der Waals surface area contributed by atoms with Gasteiger partial charge in [-0.2, -0.15) is 0 Å². The third kappa shape index (κ3) is 2.73. The highest BCUT2D eigenvalue weighted by Gasteiger charge is 2.27. The normalized spacial score (nSPS) is 13.4. The van der Waals surface area contributed by atoms with Crippen LogP contribution in [0.2, 0.25) is 0 Å². The van der Waals surface area contributed by atoms with Crippen LogP contribution in [0.1, 0.15) is 31.9 Å². The first-order valence-electron chi connectivity index (χ1n) is 9.03. The molecule has 4 rings (SSSR count). The van der Waals surface area contributed by atoms with Gasteiger partial charge in [0.2, 0.25) is 0 Å². The van der Waals surface area contributed by atoms with Crippen LogP contribution in [0.3, 0.4) is 0 Å². The quantitative estimate of drug-likeness (QED) is 0.325. The molecule has 0 amide bonds. The highest BCUT2D eigenvalue weighted by atomic mass is 28.3. The van der Waals surface area contributed by atoms with Crippen molar-refractivity contribution in [3.63, 3.8) is 0 Å². The van der Waals surface area contributed by atoms with E-state index in [1.165, 1.54) is 37.9 Å². The van der Waals surface area contributed by atoms with Gasteiger partial charge in [0.15, 0.2) is 0 Å². The maximum atomic E-state index is 5.97. The molecule has 1 atom stereocenters. The van der Waals surface area contributed by atoms with Gasteiger partial charge in [0.1, 0.15) is 0 Å². The van der Waals surface area contributed by atoms with Crippen molar-refractivity contribution in [3.05, 3.63) is 60.2 Å². The highest BCUT2D eigenvalue weighted by Crippen LogP contribution is 2.38. The van der Waals surface area contributed by atoms with Gasteiger partial charge in [-0.25, -0.2) is 0 Å². The van der Waals surface area contributed by atoms with Gasteiger partial charge in [0.05, 0.1) is 0 Å². The third-order valence-electron chi connectivity index (χ3n) is 4.96. The summed E-state index contributed by atoms with van der Waals surface area (Å²) in [6, 6.07) is 20.0. The topological polar surface area (TPSA) is 18.5 Å². The summed E-state index contributed by atoms with van der Waals surface area (Å²) in [4.78, 5) is 0. The molecule has 0 saturated heterocycles. The Balaban J connectivity index is 1.95. The van der Waals surface area contributed by atoms with Crippen LogP contribution in [-0.4, -0.2) is 22.5 Å². The second-order valence-electron chi connectivity index (χ2n) is 6.42. The smallest absolute Gasteiger partial charge is 0.392 e. The highest BCUT2D eigenvalue weighted by molar-refractivity contribution is 6.47. The Kier molecular flexibility index (Phi) is 4.46. The predicted molar refractivity (Wildman–Crippen MR) is 108 cm³/mol. The van der Waals surface area contributed by atoms with Gasteiger partial charge < -0.3 is 8.85 Å². The van der Waals surface area contributed by atoms with Crippen molar-refractivity contribution >= 4 is 41.6 Å². The molecule has 127 valence electrons. The maximum Gasteiger partial charge on any atom is 0.392 e. The Bertz CT molecular complexity index is 989. The van der Waals surface area contributed by atoms with Crippen LogP contribution in [0.5, 0.6) is 0 Å². The Hall–Kier alpha value is -1.94. The first-order chi connectivity index (χ1) is 12.2. The summed E-state index contributed by atoms with van der Waals surface area (Å²) in [7, 11) is -1.34. The molecule has 25 heavy (non-hydrogen) atoms. The van der Waals surface area contributed by atoms with Crippen molar-refractivity contribution in [2.24, 2.45) is 0 Å². The molecular formula is C22H23O2Si. The molecule has 0 fully saturated rings. The molecule has 0 N–H and O–H groups in total. The fraction of sp³-hybridized carbons (Fsp3) is 0.273. The lowest BCUT2D eigenvalue weighted by atomic mass is 9.91. The minimum Gasteiger partial charge on any atom is -0.393 e. The molecule has 0 aromatic heterocycles. The van der Waals surface area contributed by atoms with Crippen molar-refractivity contribution < 1.29 is 8.85 Å². The van der Waals surface area contributed by atoms with Crippen molar-refractivity contribution in [1.82, 2.24) is 0 Å². The van der Waals surface area contributed by atoms with Crippen LogP contribution in [0.15, 0.2) is 54.6 Å². The van der Waals surface area contributed by atoms with Crippen LogP contribution < -0.4 is 0 Å². The van der Waals surface area contributed by atoms with E-state index in [4.69, 9.17) is 8.85 Å². The van der Waals surface area contributed by atoms with Crippen LogP contribution >= 0.6 is 0 Å². The Labute approximate surface area is 150 Å².